The number of benzene rings is 1. The minimum absolute atomic E-state index is 0. The van der Waals surface area contributed by atoms with Gasteiger partial charge in [-0.25, -0.2) is 8.78 Å². The van der Waals surface area contributed by atoms with Gasteiger partial charge in [-0.05, 0) is 34.5 Å². The van der Waals surface area contributed by atoms with Crippen molar-refractivity contribution in [3.8, 4) is 0 Å². The Bertz CT molecular complexity index is 473. The number of nitrogens with zero attached hydrogens (tertiary/aromatic N) is 1. The van der Waals surface area contributed by atoms with Crippen LogP contribution in [0.2, 0.25) is 0 Å². The predicted octanol–water partition coefficient (Wildman–Crippen LogP) is 2.32. The van der Waals surface area contributed by atoms with Crippen LogP contribution >= 0.6 is 28.3 Å². The van der Waals surface area contributed by atoms with Gasteiger partial charge in [-0.2, -0.15) is 0 Å². The fourth-order valence-corrected chi connectivity index (χ4v) is 2.18. The Morgan fingerprint density at radius 1 is 1.44 bits per heavy atom. The van der Waals surface area contributed by atoms with Crippen molar-refractivity contribution in [3.63, 3.8) is 0 Å². The number of rotatable bonds is 1. The summed E-state index contributed by atoms with van der Waals surface area (Å²) >= 11 is 2.93. The predicted molar refractivity (Wildman–Crippen MR) is 69.8 cm³/mol. The fraction of sp³-hybridized carbons (Fsp3) is 0.364. The average molecular weight is 342 g/mol. The summed E-state index contributed by atoms with van der Waals surface area (Å²) in [6.07, 6.45) is 0.656. The summed E-state index contributed by atoms with van der Waals surface area (Å²) in [6.45, 7) is 0.773. The molecule has 1 atom stereocenters. The van der Waals surface area contributed by atoms with Gasteiger partial charge in [0, 0.05) is 19.1 Å². The normalized spacial score (nSPS) is 18.7. The van der Waals surface area contributed by atoms with Gasteiger partial charge in [0.2, 0.25) is 0 Å². The number of amides is 1. The third kappa shape index (κ3) is 2.81. The molecule has 1 fully saturated rings. The van der Waals surface area contributed by atoms with Gasteiger partial charge < -0.3 is 10.6 Å². The monoisotopic (exact) mass is 340 g/mol. The van der Waals surface area contributed by atoms with E-state index in [1.165, 1.54) is 11.0 Å². The summed E-state index contributed by atoms with van der Waals surface area (Å²) in [5, 5.41) is 0. The van der Waals surface area contributed by atoms with Crippen LogP contribution < -0.4 is 5.73 Å². The lowest BCUT2D eigenvalue weighted by Crippen LogP contribution is -2.33. The highest BCUT2D eigenvalue weighted by Crippen LogP contribution is 2.24. The molecule has 1 aromatic rings. The molecule has 100 valence electrons. The molecular weight excluding hydrogens is 329 g/mol. The lowest BCUT2D eigenvalue weighted by Gasteiger charge is -2.16. The molecule has 1 aliphatic heterocycles. The van der Waals surface area contributed by atoms with Gasteiger partial charge in [0.1, 0.15) is 11.4 Å². The first-order valence-electron chi connectivity index (χ1n) is 5.19. The maximum Gasteiger partial charge on any atom is 0.259 e. The Kier molecular flexibility index (Phi) is 5.07. The second-order valence-corrected chi connectivity index (χ2v) is 4.87. The first-order chi connectivity index (χ1) is 8.00. The Balaban J connectivity index is 0.00000162. The second-order valence-electron chi connectivity index (χ2n) is 4.02. The van der Waals surface area contributed by atoms with Crippen molar-refractivity contribution in [2.75, 3.05) is 13.1 Å². The summed E-state index contributed by atoms with van der Waals surface area (Å²) in [5.74, 6) is -2.36. The van der Waals surface area contributed by atoms with Gasteiger partial charge in [-0.3, -0.25) is 4.79 Å². The van der Waals surface area contributed by atoms with Crippen LogP contribution in [0.25, 0.3) is 0 Å². The molecule has 7 heteroatoms. The highest BCUT2D eigenvalue weighted by atomic mass is 79.9. The molecule has 3 nitrogen and oxygen atoms in total. The molecule has 0 aliphatic carbocycles. The van der Waals surface area contributed by atoms with Crippen molar-refractivity contribution in [1.82, 2.24) is 4.90 Å². The van der Waals surface area contributed by atoms with E-state index >= 15 is 0 Å². The molecule has 0 spiro atoms. The molecule has 0 aromatic heterocycles. The molecule has 1 aliphatic rings. The number of hydrogen-bond acceptors (Lipinski definition) is 2. The lowest BCUT2D eigenvalue weighted by atomic mass is 10.1. The van der Waals surface area contributed by atoms with Gasteiger partial charge in [-0.1, -0.05) is 0 Å². The van der Waals surface area contributed by atoms with E-state index in [-0.39, 0.29) is 22.9 Å². The summed E-state index contributed by atoms with van der Waals surface area (Å²) in [7, 11) is 0. The maximum atomic E-state index is 13.7. The number of nitrogens with two attached hydrogens (primary N) is 1. The quantitative estimate of drug-likeness (QED) is 0.797. The van der Waals surface area contributed by atoms with Crippen LogP contribution in [0, 0.1) is 11.6 Å². The molecule has 0 bridgehead atoms. The summed E-state index contributed by atoms with van der Waals surface area (Å²) in [4.78, 5) is 13.3. The number of likely N-dealkylation sites (tertiary alicyclic amines) is 1. The van der Waals surface area contributed by atoms with Crippen molar-refractivity contribution in [3.05, 3.63) is 33.8 Å². The van der Waals surface area contributed by atoms with Crippen LogP contribution in [0.5, 0.6) is 0 Å². The lowest BCUT2D eigenvalue weighted by molar-refractivity contribution is 0.0781. The highest BCUT2D eigenvalue weighted by molar-refractivity contribution is 9.10. The van der Waals surface area contributed by atoms with E-state index in [9.17, 15) is 13.6 Å². The van der Waals surface area contributed by atoms with Crippen LogP contribution in [0.3, 0.4) is 0 Å². The zero-order valence-electron chi connectivity index (χ0n) is 9.33. The van der Waals surface area contributed by atoms with Crippen LogP contribution in [-0.2, 0) is 0 Å². The van der Waals surface area contributed by atoms with E-state index in [1.54, 1.807) is 0 Å². The van der Waals surface area contributed by atoms with E-state index in [1.807, 2.05) is 0 Å². The Labute approximate surface area is 118 Å². The zero-order chi connectivity index (χ0) is 12.6. The Morgan fingerprint density at radius 2 is 2.11 bits per heavy atom. The van der Waals surface area contributed by atoms with Crippen molar-refractivity contribution in [2.45, 2.75) is 12.5 Å². The van der Waals surface area contributed by atoms with Crippen LogP contribution in [0.15, 0.2) is 16.6 Å². The molecular formula is C11H12BrClF2N2O. The molecule has 0 radical (unpaired) electrons. The fourth-order valence-electron chi connectivity index (χ4n) is 1.85. The SMILES string of the molecule is Cl.N[C@H]1CCN(C(=O)c2c(F)ccc(Br)c2F)C1. The molecule has 2 rings (SSSR count). The molecule has 0 saturated carbocycles. The van der Waals surface area contributed by atoms with E-state index in [2.05, 4.69) is 15.9 Å². The number of halogens is 4. The van der Waals surface area contributed by atoms with E-state index in [0.717, 1.165) is 6.07 Å². The minimum Gasteiger partial charge on any atom is -0.337 e. The van der Waals surface area contributed by atoms with Gasteiger partial charge >= 0.3 is 0 Å². The molecule has 1 aromatic carbocycles. The number of carbonyl (C=O) groups is 1. The Morgan fingerprint density at radius 3 is 2.67 bits per heavy atom. The highest BCUT2D eigenvalue weighted by Gasteiger charge is 2.29. The minimum atomic E-state index is -0.865. The topological polar surface area (TPSA) is 46.3 Å². The summed E-state index contributed by atoms with van der Waals surface area (Å²) < 4.78 is 27.3. The van der Waals surface area contributed by atoms with Crippen molar-refractivity contribution >= 4 is 34.2 Å². The van der Waals surface area contributed by atoms with E-state index in [0.29, 0.717) is 19.5 Å². The molecule has 2 N–H and O–H groups in total. The van der Waals surface area contributed by atoms with Crippen LogP contribution in [0.1, 0.15) is 16.8 Å². The third-order valence-electron chi connectivity index (χ3n) is 2.77. The number of carbonyl (C=O) groups excluding carboxylic acids is 1. The summed E-state index contributed by atoms with van der Waals surface area (Å²) in [6, 6.07) is 2.19. The van der Waals surface area contributed by atoms with E-state index < -0.39 is 23.1 Å². The van der Waals surface area contributed by atoms with Crippen LogP contribution in [-0.4, -0.2) is 29.9 Å². The van der Waals surface area contributed by atoms with Crippen molar-refractivity contribution < 1.29 is 13.6 Å². The Hall–Kier alpha value is -0.720. The number of hydrogen-bond donors (Lipinski definition) is 1. The average Bonchev–Trinajstić information content (AvgIpc) is 2.71. The van der Waals surface area contributed by atoms with Crippen molar-refractivity contribution in [1.29, 1.82) is 0 Å². The molecule has 1 saturated heterocycles. The molecule has 0 unspecified atom stereocenters. The molecule has 1 amide bonds. The van der Waals surface area contributed by atoms with Gasteiger partial charge in [0.25, 0.3) is 5.91 Å². The largest absolute Gasteiger partial charge is 0.337 e. The summed E-state index contributed by atoms with van der Waals surface area (Å²) in [5.41, 5.74) is 5.14. The second kappa shape index (κ2) is 5.95. The van der Waals surface area contributed by atoms with Gasteiger partial charge in [0.05, 0.1) is 4.47 Å². The van der Waals surface area contributed by atoms with Crippen molar-refractivity contribution in [2.24, 2.45) is 5.73 Å². The third-order valence-corrected chi connectivity index (χ3v) is 3.38. The molecule has 18 heavy (non-hydrogen) atoms. The van der Waals surface area contributed by atoms with Gasteiger partial charge in [-0.15, -0.1) is 12.4 Å². The van der Waals surface area contributed by atoms with E-state index in [4.69, 9.17) is 5.73 Å². The maximum absolute atomic E-state index is 13.7. The first kappa shape index (κ1) is 15.3. The standard InChI is InChI=1S/C11H11BrF2N2O.ClH/c12-7-1-2-8(13)9(10(7)14)11(17)16-4-3-6(15)5-16;/h1-2,6H,3-5,15H2;1H/t6-;/m0./s1. The van der Waals surface area contributed by atoms with Crippen LogP contribution in [0.4, 0.5) is 8.78 Å². The molecule has 1 heterocycles. The first-order valence-corrected chi connectivity index (χ1v) is 5.98. The smallest absolute Gasteiger partial charge is 0.259 e. The zero-order valence-corrected chi connectivity index (χ0v) is 11.7. The van der Waals surface area contributed by atoms with Gasteiger partial charge in [0.15, 0.2) is 5.82 Å².